The van der Waals surface area contributed by atoms with Gasteiger partial charge in [0, 0.05) is 0 Å². The Morgan fingerprint density at radius 1 is 0.955 bits per heavy atom. The molecule has 0 bridgehead atoms. The molecule has 0 aromatic carbocycles. The van der Waals surface area contributed by atoms with E-state index in [1.54, 1.807) is 0 Å². The van der Waals surface area contributed by atoms with E-state index >= 15 is 0 Å². The first kappa shape index (κ1) is 19.8. The molecule has 6 nitrogen and oxygen atoms in total. The molecule has 0 radical (unpaired) electrons. The first-order valence-corrected chi connectivity index (χ1v) is 8.51. The van der Waals surface area contributed by atoms with Crippen molar-refractivity contribution in [2.75, 3.05) is 19.8 Å². The monoisotopic (exact) mass is 320 g/mol. The Morgan fingerprint density at radius 2 is 1.55 bits per heavy atom. The Kier molecular flexibility index (Phi) is 9.47. The summed E-state index contributed by atoms with van der Waals surface area (Å²) in [6, 6.07) is 0. The third-order valence-corrected chi connectivity index (χ3v) is 4.25. The summed E-state index contributed by atoms with van der Waals surface area (Å²) in [5.41, 5.74) is 0. The molecule has 132 valence electrons. The van der Waals surface area contributed by atoms with Crippen LogP contribution in [0.4, 0.5) is 0 Å². The third-order valence-electron chi connectivity index (χ3n) is 4.25. The van der Waals surface area contributed by atoms with Crippen LogP contribution in [-0.4, -0.2) is 64.3 Å². The maximum Gasteiger partial charge on any atom is 0.221 e. The molecular formula is C16H32O6. The van der Waals surface area contributed by atoms with Crippen LogP contribution in [0.25, 0.3) is 0 Å². The van der Waals surface area contributed by atoms with Crippen molar-refractivity contribution in [1.82, 2.24) is 0 Å². The molecule has 1 aliphatic heterocycles. The van der Waals surface area contributed by atoms with Gasteiger partial charge in [-0.25, -0.2) is 0 Å². The van der Waals surface area contributed by atoms with Gasteiger partial charge in [0.2, 0.25) is 5.79 Å². The smallest absolute Gasteiger partial charge is 0.221 e. The Labute approximate surface area is 133 Å². The molecule has 4 N–H and O–H groups in total. The fraction of sp³-hybridized carbons (Fsp3) is 1.00. The van der Waals surface area contributed by atoms with Gasteiger partial charge in [-0.05, 0) is 6.42 Å². The second kappa shape index (κ2) is 10.5. The van der Waals surface area contributed by atoms with Gasteiger partial charge >= 0.3 is 0 Å². The summed E-state index contributed by atoms with van der Waals surface area (Å²) in [5.74, 6) is -1.62. The van der Waals surface area contributed by atoms with Crippen LogP contribution < -0.4 is 0 Å². The summed E-state index contributed by atoms with van der Waals surface area (Å²) in [6.07, 6.45) is 5.76. The number of rotatable bonds is 12. The Balaban J connectivity index is 2.19. The van der Waals surface area contributed by atoms with Gasteiger partial charge < -0.3 is 29.9 Å². The second-order valence-electron chi connectivity index (χ2n) is 6.07. The molecule has 0 aromatic heterocycles. The van der Waals surface area contributed by atoms with Crippen molar-refractivity contribution in [3.8, 4) is 0 Å². The van der Waals surface area contributed by atoms with E-state index < -0.39 is 37.3 Å². The standard InChI is InChI=1S/C16H32O6/c1-2-3-4-5-6-7-8-9-10-21-16(12-18)15(20)14(19)13(11-17)22-16/h13-15,17-20H,2-12H2,1H3. The van der Waals surface area contributed by atoms with Gasteiger partial charge in [0.15, 0.2) is 0 Å². The summed E-state index contributed by atoms with van der Waals surface area (Å²) in [7, 11) is 0. The van der Waals surface area contributed by atoms with E-state index in [1.807, 2.05) is 0 Å². The SMILES string of the molecule is CCCCCCCCCCOC1(CO)OC(CO)C(O)C1O. The van der Waals surface area contributed by atoms with Crippen molar-refractivity contribution in [2.24, 2.45) is 0 Å². The molecule has 1 rings (SSSR count). The van der Waals surface area contributed by atoms with Crippen LogP contribution in [0, 0.1) is 0 Å². The van der Waals surface area contributed by atoms with Crippen LogP contribution >= 0.6 is 0 Å². The van der Waals surface area contributed by atoms with Gasteiger partial charge in [0.25, 0.3) is 0 Å². The van der Waals surface area contributed by atoms with Crippen LogP contribution in [0.5, 0.6) is 0 Å². The van der Waals surface area contributed by atoms with Crippen molar-refractivity contribution in [1.29, 1.82) is 0 Å². The number of aliphatic hydroxyl groups is 4. The molecule has 4 atom stereocenters. The van der Waals surface area contributed by atoms with E-state index in [4.69, 9.17) is 14.6 Å². The molecule has 0 amide bonds. The molecule has 6 heteroatoms. The molecule has 1 heterocycles. The summed E-state index contributed by atoms with van der Waals surface area (Å²) in [5, 5.41) is 38.2. The fourth-order valence-corrected chi connectivity index (χ4v) is 2.78. The Hall–Kier alpha value is -0.240. The summed E-state index contributed by atoms with van der Waals surface area (Å²) < 4.78 is 10.8. The minimum Gasteiger partial charge on any atom is -0.394 e. The van der Waals surface area contributed by atoms with Crippen LogP contribution in [0.3, 0.4) is 0 Å². The van der Waals surface area contributed by atoms with Gasteiger partial charge in [-0.2, -0.15) is 0 Å². The summed E-state index contributed by atoms with van der Waals surface area (Å²) in [6.45, 7) is 1.56. The molecule has 0 aromatic rings. The molecule has 4 unspecified atom stereocenters. The first-order valence-electron chi connectivity index (χ1n) is 8.51. The minimum atomic E-state index is -1.62. The first-order chi connectivity index (χ1) is 10.6. The largest absolute Gasteiger partial charge is 0.394 e. The van der Waals surface area contributed by atoms with Crippen molar-refractivity contribution in [2.45, 2.75) is 82.4 Å². The lowest BCUT2D eigenvalue weighted by Gasteiger charge is -2.30. The zero-order valence-corrected chi connectivity index (χ0v) is 13.6. The zero-order chi connectivity index (χ0) is 16.4. The van der Waals surface area contributed by atoms with Crippen molar-refractivity contribution in [3.63, 3.8) is 0 Å². The van der Waals surface area contributed by atoms with Gasteiger partial charge in [0.1, 0.15) is 24.9 Å². The fourth-order valence-electron chi connectivity index (χ4n) is 2.78. The normalized spacial score (nSPS) is 31.8. The molecular weight excluding hydrogens is 288 g/mol. The van der Waals surface area contributed by atoms with E-state index in [9.17, 15) is 15.3 Å². The van der Waals surface area contributed by atoms with E-state index in [0.717, 1.165) is 19.3 Å². The van der Waals surface area contributed by atoms with Crippen LogP contribution in [0.1, 0.15) is 58.3 Å². The number of hydrogen-bond donors (Lipinski definition) is 4. The summed E-state index contributed by atoms with van der Waals surface area (Å²) in [4.78, 5) is 0. The molecule has 1 saturated heterocycles. The van der Waals surface area contributed by atoms with E-state index in [0.29, 0.717) is 6.61 Å². The van der Waals surface area contributed by atoms with Gasteiger partial charge in [0.05, 0.1) is 13.2 Å². The topological polar surface area (TPSA) is 99.4 Å². The third kappa shape index (κ3) is 5.44. The quantitative estimate of drug-likeness (QED) is 0.400. The van der Waals surface area contributed by atoms with E-state index in [-0.39, 0.29) is 0 Å². The highest BCUT2D eigenvalue weighted by molar-refractivity contribution is 4.96. The predicted molar refractivity (Wildman–Crippen MR) is 82.4 cm³/mol. The van der Waals surface area contributed by atoms with Crippen LogP contribution in [0.2, 0.25) is 0 Å². The highest BCUT2D eigenvalue weighted by Crippen LogP contribution is 2.32. The highest BCUT2D eigenvalue weighted by Gasteiger charge is 2.54. The maximum absolute atomic E-state index is 9.96. The average Bonchev–Trinajstić information content (AvgIpc) is 2.78. The predicted octanol–water partition coefficient (Wildman–Crippen LogP) is 0.945. The lowest BCUT2D eigenvalue weighted by molar-refractivity contribution is -0.276. The van der Waals surface area contributed by atoms with E-state index in [1.165, 1.54) is 32.1 Å². The molecule has 0 spiro atoms. The maximum atomic E-state index is 9.96. The number of ether oxygens (including phenoxy) is 2. The molecule has 1 fully saturated rings. The molecule has 22 heavy (non-hydrogen) atoms. The van der Waals surface area contributed by atoms with Gasteiger partial charge in [-0.3, -0.25) is 0 Å². The highest BCUT2D eigenvalue weighted by atomic mass is 16.7. The van der Waals surface area contributed by atoms with Gasteiger partial charge in [-0.15, -0.1) is 0 Å². The van der Waals surface area contributed by atoms with Crippen molar-refractivity contribution < 1.29 is 29.9 Å². The molecule has 1 aliphatic rings. The Morgan fingerprint density at radius 3 is 2.05 bits per heavy atom. The number of hydrogen-bond acceptors (Lipinski definition) is 6. The van der Waals surface area contributed by atoms with Gasteiger partial charge in [-0.1, -0.05) is 51.9 Å². The zero-order valence-electron chi connectivity index (χ0n) is 13.6. The molecule has 0 saturated carbocycles. The average molecular weight is 320 g/mol. The van der Waals surface area contributed by atoms with Crippen LogP contribution in [0.15, 0.2) is 0 Å². The Bertz CT molecular complexity index is 288. The lowest BCUT2D eigenvalue weighted by Crippen LogP contribution is -2.48. The lowest BCUT2D eigenvalue weighted by atomic mass is 10.1. The van der Waals surface area contributed by atoms with Crippen molar-refractivity contribution in [3.05, 3.63) is 0 Å². The summed E-state index contributed by atoms with van der Waals surface area (Å²) >= 11 is 0. The van der Waals surface area contributed by atoms with E-state index in [2.05, 4.69) is 6.92 Å². The van der Waals surface area contributed by atoms with Crippen molar-refractivity contribution >= 4 is 0 Å². The number of aliphatic hydroxyl groups excluding tert-OH is 4. The molecule has 0 aliphatic carbocycles. The number of unbranched alkanes of at least 4 members (excludes halogenated alkanes) is 7. The minimum absolute atomic E-state index is 0.345. The second-order valence-corrected chi connectivity index (χ2v) is 6.07. The van der Waals surface area contributed by atoms with Crippen LogP contribution in [-0.2, 0) is 9.47 Å².